The summed E-state index contributed by atoms with van der Waals surface area (Å²) in [6.45, 7) is 1.95. The molecule has 0 bridgehead atoms. The van der Waals surface area contributed by atoms with E-state index in [2.05, 4.69) is 20.5 Å². The molecule has 3 rings (SSSR count). The van der Waals surface area contributed by atoms with Crippen molar-refractivity contribution >= 4 is 17.5 Å². The number of anilines is 1. The third kappa shape index (κ3) is 3.68. The van der Waals surface area contributed by atoms with E-state index < -0.39 is 0 Å². The van der Waals surface area contributed by atoms with Gasteiger partial charge in [-0.3, -0.25) is 19.5 Å². The summed E-state index contributed by atoms with van der Waals surface area (Å²) in [5.41, 5.74) is 1.44. The topological polar surface area (TPSA) is 72.2 Å². The second-order valence-corrected chi connectivity index (χ2v) is 5.52. The average molecular weight is 313 g/mol. The molecule has 0 aliphatic rings. The minimum atomic E-state index is -0.261. The number of hydrogen-bond donors (Lipinski definition) is 1. The van der Waals surface area contributed by atoms with Crippen LogP contribution in [0.4, 0.5) is 10.3 Å². The maximum atomic E-state index is 13.2. The number of fused-ring (bicyclic) bond motifs is 1. The van der Waals surface area contributed by atoms with Gasteiger partial charge in [-0.1, -0.05) is 19.1 Å². The molecular formula is C16H16FN5O. The Morgan fingerprint density at radius 3 is 3.09 bits per heavy atom. The number of amides is 1. The molecule has 2 aromatic heterocycles. The van der Waals surface area contributed by atoms with Gasteiger partial charge in [-0.15, -0.1) is 10.2 Å². The highest BCUT2D eigenvalue weighted by atomic mass is 19.1. The first-order valence-corrected chi connectivity index (χ1v) is 7.31. The van der Waals surface area contributed by atoms with E-state index in [1.165, 1.54) is 12.1 Å². The maximum absolute atomic E-state index is 13.2. The number of carbonyl (C=O) groups excluding carboxylic acids is 1. The van der Waals surface area contributed by atoms with E-state index in [1.807, 2.05) is 13.0 Å². The Morgan fingerprint density at radius 1 is 1.39 bits per heavy atom. The van der Waals surface area contributed by atoms with Crippen LogP contribution in [0, 0.1) is 11.7 Å². The van der Waals surface area contributed by atoms with Crippen LogP contribution < -0.4 is 5.32 Å². The van der Waals surface area contributed by atoms with Gasteiger partial charge in [-0.25, -0.2) is 4.39 Å². The predicted molar refractivity (Wildman–Crippen MR) is 83.3 cm³/mol. The van der Waals surface area contributed by atoms with Crippen molar-refractivity contribution < 1.29 is 9.18 Å². The Bertz CT molecular complexity index is 832. The van der Waals surface area contributed by atoms with Crippen LogP contribution >= 0.6 is 0 Å². The summed E-state index contributed by atoms with van der Waals surface area (Å²) in [6.07, 6.45) is 5.79. The highest BCUT2D eigenvalue weighted by Gasteiger charge is 2.13. The predicted octanol–water partition coefficient (Wildman–Crippen LogP) is 2.47. The van der Waals surface area contributed by atoms with Crippen molar-refractivity contribution in [1.29, 1.82) is 0 Å². The number of aromatic nitrogens is 4. The zero-order valence-electron chi connectivity index (χ0n) is 12.6. The lowest BCUT2D eigenvalue weighted by atomic mass is 9.98. The second kappa shape index (κ2) is 6.51. The lowest BCUT2D eigenvalue weighted by Crippen LogP contribution is -2.18. The molecule has 3 aromatic rings. The maximum Gasteiger partial charge on any atom is 0.235 e. The van der Waals surface area contributed by atoms with Gasteiger partial charge in [0.05, 0.1) is 6.20 Å². The Kier molecular flexibility index (Phi) is 4.27. The molecule has 6 nitrogen and oxygen atoms in total. The zero-order chi connectivity index (χ0) is 16.2. The Morgan fingerprint density at radius 2 is 2.26 bits per heavy atom. The zero-order valence-corrected chi connectivity index (χ0v) is 12.6. The van der Waals surface area contributed by atoms with Gasteiger partial charge in [0.25, 0.3) is 0 Å². The van der Waals surface area contributed by atoms with Crippen molar-refractivity contribution in [3.8, 4) is 0 Å². The summed E-state index contributed by atoms with van der Waals surface area (Å²) in [5.74, 6) is 0.0331. The van der Waals surface area contributed by atoms with Gasteiger partial charge >= 0.3 is 0 Å². The third-order valence-corrected chi connectivity index (χ3v) is 3.47. The van der Waals surface area contributed by atoms with Crippen molar-refractivity contribution in [2.24, 2.45) is 5.92 Å². The van der Waals surface area contributed by atoms with Crippen LogP contribution in [0.5, 0.6) is 0 Å². The average Bonchev–Trinajstić information content (AvgIpc) is 2.90. The fraction of sp³-hybridized carbons (Fsp3) is 0.250. The molecule has 0 saturated heterocycles. The van der Waals surface area contributed by atoms with Gasteiger partial charge in [-0.2, -0.15) is 0 Å². The first kappa shape index (κ1) is 15.1. The minimum Gasteiger partial charge on any atom is -0.294 e. The van der Waals surface area contributed by atoms with Crippen LogP contribution in [-0.4, -0.2) is 25.5 Å². The molecule has 0 aliphatic heterocycles. The number of halogens is 1. The van der Waals surface area contributed by atoms with Gasteiger partial charge < -0.3 is 0 Å². The Balaban J connectivity index is 1.60. The van der Waals surface area contributed by atoms with Crippen molar-refractivity contribution in [2.75, 3.05) is 5.32 Å². The standard InChI is InChI=1S/C16H16FN5O/c1-11(7-12-3-2-4-13(17)9-12)8-15(23)19-16-21-20-14-10-18-5-6-22(14)16/h2-6,9-11H,7-8H2,1H3,(H,19,21,23). The first-order valence-electron chi connectivity index (χ1n) is 7.31. The van der Waals surface area contributed by atoms with Crippen molar-refractivity contribution in [3.63, 3.8) is 0 Å². The van der Waals surface area contributed by atoms with E-state index in [1.54, 1.807) is 29.1 Å². The molecule has 118 valence electrons. The van der Waals surface area contributed by atoms with Gasteiger partial charge in [0, 0.05) is 18.8 Å². The van der Waals surface area contributed by atoms with Gasteiger partial charge in [-0.05, 0) is 30.0 Å². The molecule has 0 spiro atoms. The summed E-state index contributed by atoms with van der Waals surface area (Å²) in [6, 6.07) is 6.43. The van der Waals surface area contributed by atoms with Crippen LogP contribution in [0.25, 0.3) is 5.65 Å². The summed E-state index contributed by atoms with van der Waals surface area (Å²) in [5, 5.41) is 10.6. The molecule has 0 aliphatic carbocycles. The molecule has 1 N–H and O–H groups in total. The number of hydrogen-bond acceptors (Lipinski definition) is 4. The van der Waals surface area contributed by atoms with E-state index in [4.69, 9.17) is 0 Å². The number of nitrogens with one attached hydrogen (secondary N) is 1. The van der Waals surface area contributed by atoms with Gasteiger partial charge in [0.2, 0.25) is 11.9 Å². The second-order valence-electron chi connectivity index (χ2n) is 5.52. The SMILES string of the molecule is CC(CC(=O)Nc1nnc2cnccn12)Cc1cccc(F)c1. The highest BCUT2D eigenvalue weighted by Crippen LogP contribution is 2.14. The molecule has 23 heavy (non-hydrogen) atoms. The molecular weight excluding hydrogens is 297 g/mol. The van der Waals surface area contributed by atoms with E-state index in [9.17, 15) is 9.18 Å². The lowest BCUT2D eigenvalue weighted by Gasteiger charge is -2.11. The molecule has 0 fully saturated rings. The van der Waals surface area contributed by atoms with Crippen LogP contribution in [-0.2, 0) is 11.2 Å². The van der Waals surface area contributed by atoms with E-state index in [0.717, 1.165) is 5.56 Å². The lowest BCUT2D eigenvalue weighted by molar-refractivity contribution is -0.117. The number of carbonyl (C=O) groups is 1. The van der Waals surface area contributed by atoms with Gasteiger partial charge in [0.1, 0.15) is 5.82 Å². The Hall–Kier alpha value is -2.83. The molecule has 1 amide bonds. The van der Waals surface area contributed by atoms with Crippen molar-refractivity contribution in [2.45, 2.75) is 19.8 Å². The fourth-order valence-corrected chi connectivity index (χ4v) is 2.47. The molecule has 7 heteroatoms. The van der Waals surface area contributed by atoms with Gasteiger partial charge in [0.15, 0.2) is 5.65 Å². The smallest absolute Gasteiger partial charge is 0.235 e. The third-order valence-electron chi connectivity index (χ3n) is 3.47. The summed E-state index contributed by atoms with van der Waals surface area (Å²) < 4.78 is 14.8. The number of nitrogens with zero attached hydrogens (tertiary/aromatic N) is 4. The molecule has 2 heterocycles. The van der Waals surface area contributed by atoms with Crippen LogP contribution in [0.3, 0.4) is 0 Å². The van der Waals surface area contributed by atoms with E-state index in [0.29, 0.717) is 24.4 Å². The Labute approximate surface area is 132 Å². The molecule has 1 aromatic carbocycles. The molecule has 1 atom stereocenters. The minimum absolute atomic E-state index is 0.0812. The fourth-order valence-electron chi connectivity index (χ4n) is 2.47. The normalized spacial score (nSPS) is 12.3. The largest absolute Gasteiger partial charge is 0.294 e. The van der Waals surface area contributed by atoms with Crippen LogP contribution in [0.1, 0.15) is 18.9 Å². The van der Waals surface area contributed by atoms with Crippen LogP contribution in [0.15, 0.2) is 42.9 Å². The van der Waals surface area contributed by atoms with Crippen molar-refractivity contribution in [3.05, 3.63) is 54.2 Å². The van der Waals surface area contributed by atoms with E-state index >= 15 is 0 Å². The number of rotatable bonds is 5. The molecule has 0 radical (unpaired) electrons. The van der Waals surface area contributed by atoms with Crippen molar-refractivity contribution in [1.82, 2.24) is 19.6 Å². The molecule has 0 saturated carbocycles. The van der Waals surface area contributed by atoms with E-state index in [-0.39, 0.29) is 17.6 Å². The number of benzene rings is 1. The first-order chi connectivity index (χ1) is 11.1. The quantitative estimate of drug-likeness (QED) is 0.785. The molecule has 1 unspecified atom stereocenters. The highest BCUT2D eigenvalue weighted by molar-refractivity contribution is 5.89. The monoisotopic (exact) mass is 313 g/mol. The van der Waals surface area contributed by atoms with Crippen LogP contribution in [0.2, 0.25) is 0 Å². The summed E-state index contributed by atoms with van der Waals surface area (Å²) >= 11 is 0. The summed E-state index contributed by atoms with van der Waals surface area (Å²) in [4.78, 5) is 16.1. The summed E-state index contributed by atoms with van der Waals surface area (Å²) in [7, 11) is 0.